The van der Waals surface area contributed by atoms with Crippen molar-refractivity contribution in [1.82, 2.24) is 4.98 Å². The van der Waals surface area contributed by atoms with Gasteiger partial charge in [0.1, 0.15) is 0 Å². The van der Waals surface area contributed by atoms with Gasteiger partial charge < -0.3 is 0 Å². The average molecular weight is 350 g/mol. The summed E-state index contributed by atoms with van der Waals surface area (Å²) < 4.78 is 23.6. The summed E-state index contributed by atoms with van der Waals surface area (Å²) in [7, 11) is -3.46. The number of hydrogen-bond acceptors (Lipinski definition) is 5. The van der Waals surface area contributed by atoms with Crippen LogP contribution < -0.4 is 5.32 Å². The van der Waals surface area contributed by atoms with E-state index in [9.17, 15) is 13.2 Å². The number of carbonyl (C=O) groups excluding carboxylic acids is 1. The first-order valence-corrected chi connectivity index (χ1v) is 10.1. The van der Waals surface area contributed by atoms with Crippen LogP contribution in [0.2, 0.25) is 0 Å². The first-order valence-electron chi connectivity index (χ1n) is 7.43. The Kier molecular flexibility index (Phi) is 4.25. The molecule has 0 unspecified atom stereocenters. The zero-order chi connectivity index (χ0) is 16.6. The van der Waals surface area contributed by atoms with Crippen LogP contribution in [0.15, 0.2) is 29.2 Å². The highest BCUT2D eigenvalue weighted by atomic mass is 32.2. The zero-order valence-electron chi connectivity index (χ0n) is 13.0. The lowest BCUT2D eigenvalue weighted by atomic mass is 9.93. The third-order valence-corrected chi connectivity index (χ3v) is 6.13. The SMILES string of the molecule is C[C@@H]1CCc2nc(NC(=O)c3ccccc3S(C)(=O)=O)sc2C1. The number of amides is 1. The molecule has 0 saturated heterocycles. The fourth-order valence-corrected chi connectivity index (χ4v) is 4.79. The van der Waals surface area contributed by atoms with Crippen LogP contribution in [0.1, 0.15) is 34.3 Å². The topological polar surface area (TPSA) is 76.1 Å². The Balaban J connectivity index is 1.86. The van der Waals surface area contributed by atoms with Crippen LogP contribution in [0, 0.1) is 5.92 Å². The largest absolute Gasteiger partial charge is 0.298 e. The quantitative estimate of drug-likeness (QED) is 0.923. The standard InChI is InChI=1S/C16H18N2O3S2/c1-10-7-8-12-13(9-10)22-16(17-12)18-15(19)11-5-3-4-6-14(11)23(2,20)21/h3-6,10H,7-9H2,1-2H3,(H,17,18,19)/t10-/m1/s1. The van der Waals surface area contributed by atoms with E-state index in [2.05, 4.69) is 17.2 Å². The molecule has 1 amide bonds. The molecular formula is C16H18N2O3S2. The minimum absolute atomic E-state index is 0.0347. The number of aromatic nitrogens is 1. The third-order valence-electron chi connectivity index (χ3n) is 3.94. The number of hydrogen-bond donors (Lipinski definition) is 1. The molecular weight excluding hydrogens is 332 g/mol. The highest BCUT2D eigenvalue weighted by molar-refractivity contribution is 7.90. The zero-order valence-corrected chi connectivity index (χ0v) is 14.6. The van der Waals surface area contributed by atoms with Crippen molar-refractivity contribution < 1.29 is 13.2 Å². The second kappa shape index (κ2) is 6.05. The number of benzene rings is 1. The van der Waals surface area contributed by atoms with Gasteiger partial charge in [-0.05, 0) is 37.3 Å². The monoisotopic (exact) mass is 350 g/mol. The van der Waals surface area contributed by atoms with Crippen LogP contribution in [-0.2, 0) is 22.7 Å². The molecule has 23 heavy (non-hydrogen) atoms. The Hall–Kier alpha value is -1.73. The van der Waals surface area contributed by atoms with Crippen LogP contribution in [0.5, 0.6) is 0 Å². The normalized spacial score (nSPS) is 17.6. The molecule has 1 aromatic heterocycles. The summed E-state index contributed by atoms with van der Waals surface area (Å²) >= 11 is 1.48. The van der Waals surface area contributed by atoms with E-state index < -0.39 is 15.7 Å². The third kappa shape index (κ3) is 3.45. The van der Waals surface area contributed by atoms with E-state index in [1.165, 1.54) is 28.3 Å². The van der Waals surface area contributed by atoms with Crippen LogP contribution in [0.3, 0.4) is 0 Å². The Morgan fingerprint density at radius 2 is 2.09 bits per heavy atom. The van der Waals surface area contributed by atoms with Gasteiger partial charge >= 0.3 is 0 Å². The number of nitrogens with zero attached hydrogens (tertiary/aromatic N) is 1. The number of aryl methyl sites for hydroxylation is 1. The van der Waals surface area contributed by atoms with E-state index in [4.69, 9.17) is 0 Å². The molecule has 0 bridgehead atoms. The smallest absolute Gasteiger partial charge is 0.258 e. The Morgan fingerprint density at radius 3 is 2.83 bits per heavy atom. The van der Waals surface area contributed by atoms with Crippen molar-refractivity contribution in [2.75, 3.05) is 11.6 Å². The molecule has 0 fully saturated rings. The van der Waals surface area contributed by atoms with Gasteiger partial charge in [0.05, 0.1) is 16.2 Å². The summed E-state index contributed by atoms with van der Waals surface area (Å²) in [6, 6.07) is 6.22. The molecule has 1 aliphatic rings. The Morgan fingerprint density at radius 1 is 1.35 bits per heavy atom. The average Bonchev–Trinajstić information content (AvgIpc) is 2.87. The van der Waals surface area contributed by atoms with Crippen LogP contribution >= 0.6 is 11.3 Å². The first-order chi connectivity index (χ1) is 10.8. The van der Waals surface area contributed by atoms with Gasteiger partial charge in [-0.15, -0.1) is 11.3 Å². The molecule has 0 saturated carbocycles. The number of fused-ring (bicyclic) bond motifs is 1. The van der Waals surface area contributed by atoms with Gasteiger partial charge in [-0.1, -0.05) is 19.1 Å². The lowest BCUT2D eigenvalue weighted by molar-refractivity contribution is 0.102. The van der Waals surface area contributed by atoms with Crippen LogP contribution in [0.25, 0.3) is 0 Å². The minimum atomic E-state index is -3.46. The maximum atomic E-state index is 12.4. The molecule has 5 nitrogen and oxygen atoms in total. The molecule has 3 rings (SSSR count). The molecule has 1 N–H and O–H groups in total. The molecule has 1 aliphatic carbocycles. The Labute approximate surface area is 139 Å². The highest BCUT2D eigenvalue weighted by Crippen LogP contribution is 2.32. The Bertz CT molecular complexity index is 856. The van der Waals surface area contributed by atoms with Crippen LogP contribution in [0.4, 0.5) is 5.13 Å². The van der Waals surface area contributed by atoms with Gasteiger partial charge in [-0.3, -0.25) is 10.1 Å². The molecule has 2 aromatic rings. The fourth-order valence-electron chi connectivity index (χ4n) is 2.74. The summed E-state index contributed by atoms with van der Waals surface area (Å²) in [5, 5.41) is 3.29. The molecule has 1 heterocycles. The van der Waals surface area contributed by atoms with Crippen molar-refractivity contribution in [2.45, 2.75) is 31.1 Å². The maximum absolute atomic E-state index is 12.4. The lowest BCUT2D eigenvalue weighted by Crippen LogP contribution is -2.16. The van der Waals surface area contributed by atoms with Crippen molar-refractivity contribution >= 4 is 32.2 Å². The number of nitrogens with one attached hydrogen (secondary N) is 1. The number of rotatable bonds is 3. The van der Waals surface area contributed by atoms with E-state index in [1.807, 2.05) is 0 Å². The summed E-state index contributed by atoms with van der Waals surface area (Å²) in [6.45, 7) is 2.21. The van der Waals surface area contributed by atoms with Gasteiger partial charge in [0.2, 0.25) is 0 Å². The van der Waals surface area contributed by atoms with Gasteiger partial charge in [0.15, 0.2) is 15.0 Å². The van der Waals surface area contributed by atoms with Crippen molar-refractivity contribution in [3.8, 4) is 0 Å². The van der Waals surface area contributed by atoms with E-state index in [1.54, 1.807) is 12.1 Å². The molecule has 0 aliphatic heterocycles. The molecule has 1 aromatic carbocycles. The number of anilines is 1. The second-order valence-corrected chi connectivity index (χ2v) is 9.03. The highest BCUT2D eigenvalue weighted by Gasteiger charge is 2.22. The van der Waals surface area contributed by atoms with Crippen molar-refractivity contribution in [3.05, 3.63) is 40.4 Å². The van der Waals surface area contributed by atoms with E-state index in [0.717, 1.165) is 31.2 Å². The molecule has 122 valence electrons. The molecule has 0 spiro atoms. The predicted octanol–water partition coefficient (Wildman–Crippen LogP) is 2.92. The summed E-state index contributed by atoms with van der Waals surface area (Å²) in [4.78, 5) is 18.2. The van der Waals surface area contributed by atoms with E-state index >= 15 is 0 Å². The lowest BCUT2D eigenvalue weighted by Gasteiger charge is -2.15. The van der Waals surface area contributed by atoms with Crippen LogP contribution in [-0.4, -0.2) is 25.6 Å². The van der Waals surface area contributed by atoms with E-state index in [0.29, 0.717) is 11.0 Å². The summed E-state index contributed by atoms with van der Waals surface area (Å²) in [5.41, 5.74) is 1.20. The van der Waals surface area contributed by atoms with Crippen molar-refractivity contribution in [2.24, 2.45) is 5.92 Å². The van der Waals surface area contributed by atoms with Gasteiger partial charge in [0, 0.05) is 11.1 Å². The number of sulfone groups is 1. The molecule has 7 heteroatoms. The molecule has 1 atom stereocenters. The van der Waals surface area contributed by atoms with Crippen molar-refractivity contribution in [1.29, 1.82) is 0 Å². The minimum Gasteiger partial charge on any atom is -0.298 e. The number of carbonyl (C=O) groups is 1. The summed E-state index contributed by atoms with van der Waals surface area (Å²) in [6.07, 6.45) is 4.13. The van der Waals surface area contributed by atoms with E-state index in [-0.39, 0.29) is 10.5 Å². The van der Waals surface area contributed by atoms with Gasteiger partial charge in [0.25, 0.3) is 5.91 Å². The second-order valence-electron chi connectivity index (χ2n) is 5.96. The van der Waals surface area contributed by atoms with Gasteiger partial charge in [-0.25, -0.2) is 13.4 Å². The maximum Gasteiger partial charge on any atom is 0.258 e. The fraction of sp³-hybridized carbons (Fsp3) is 0.375. The first kappa shape index (κ1) is 16.1. The van der Waals surface area contributed by atoms with Crippen molar-refractivity contribution in [3.63, 3.8) is 0 Å². The van der Waals surface area contributed by atoms with Gasteiger partial charge in [-0.2, -0.15) is 0 Å². The predicted molar refractivity (Wildman–Crippen MR) is 90.8 cm³/mol. The molecule has 0 radical (unpaired) electrons. The number of thiazole rings is 1. The summed E-state index contributed by atoms with van der Waals surface area (Å²) in [5.74, 6) is 0.197.